The summed E-state index contributed by atoms with van der Waals surface area (Å²) in [7, 11) is 0. The Kier molecular flexibility index (Phi) is 7.41. The molecule has 2 fully saturated rings. The first-order chi connectivity index (χ1) is 18.1. The van der Waals surface area contributed by atoms with Gasteiger partial charge in [-0.15, -0.1) is 11.3 Å². The minimum absolute atomic E-state index is 0.0451. The molecule has 5 rings (SSSR count). The number of hydrogen-bond acceptors (Lipinski definition) is 7. The van der Waals surface area contributed by atoms with Gasteiger partial charge in [0.1, 0.15) is 16.3 Å². The zero-order chi connectivity index (χ0) is 26.9. The Labute approximate surface area is 223 Å². The molecular weight excluding hydrogens is 515 g/mol. The summed E-state index contributed by atoms with van der Waals surface area (Å²) in [6.07, 6.45) is 3.76. The second-order valence-corrected chi connectivity index (χ2v) is 11.2. The van der Waals surface area contributed by atoms with Crippen LogP contribution < -0.4 is 5.32 Å². The number of halogens is 3. The van der Waals surface area contributed by atoms with Crippen LogP contribution in [0, 0.1) is 12.8 Å². The maximum Gasteiger partial charge on any atom is 0.433 e. The zero-order valence-electron chi connectivity index (χ0n) is 21.1. The Morgan fingerprint density at radius 2 is 1.87 bits per heavy atom. The molecule has 0 spiro atoms. The van der Waals surface area contributed by atoms with E-state index in [1.165, 1.54) is 17.8 Å². The number of aromatic nitrogens is 3. The van der Waals surface area contributed by atoms with E-state index < -0.39 is 17.5 Å². The molecule has 1 aromatic carbocycles. The smallest absolute Gasteiger partial charge is 0.383 e. The van der Waals surface area contributed by atoms with Crippen LogP contribution in [0.25, 0.3) is 10.4 Å². The number of hydrogen-bond donors (Lipinski definition) is 2. The van der Waals surface area contributed by atoms with Crippen molar-refractivity contribution in [3.8, 4) is 10.4 Å². The minimum atomic E-state index is -4.56. The number of carbonyl (C=O) groups is 1. The van der Waals surface area contributed by atoms with Crippen molar-refractivity contribution in [3.05, 3.63) is 52.9 Å². The third kappa shape index (κ3) is 5.83. The monoisotopic (exact) mass is 545 g/mol. The zero-order valence-corrected chi connectivity index (χ0v) is 21.9. The normalized spacial score (nSPS) is 22.3. The molecule has 1 amide bonds. The Hall–Kier alpha value is -3.05. The highest BCUT2D eigenvalue weighted by molar-refractivity contribution is 7.15. The van der Waals surface area contributed by atoms with Crippen LogP contribution >= 0.6 is 11.3 Å². The number of carbonyl (C=O) groups excluding carboxylic acids is 1. The number of nitrogens with zero attached hydrogens (tertiary/aromatic N) is 4. The number of likely N-dealkylation sites (tertiary alicyclic amines) is 1. The first-order valence-corrected chi connectivity index (χ1v) is 13.7. The predicted molar refractivity (Wildman–Crippen MR) is 139 cm³/mol. The Morgan fingerprint density at radius 1 is 1.13 bits per heavy atom. The molecule has 0 unspecified atom stereocenters. The molecule has 0 radical (unpaired) electrons. The fourth-order valence-corrected chi connectivity index (χ4v) is 6.30. The fourth-order valence-electron chi connectivity index (χ4n) is 5.25. The molecule has 202 valence electrons. The van der Waals surface area contributed by atoms with Crippen molar-refractivity contribution in [1.29, 1.82) is 0 Å². The summed E-state index contributed by atoms with van der Waals surface area (Å²) in [6, 6.07) is 6.37. The molecule has 1 saturated heterocycles. The highest BCUT2D eigenvalue weighted by Gasteiger charge is 2.40. The fraction of sp³-hybridized carbons (Fsp3) is 0.481. The van der Waals surface area contributed by atoms with Crippen molar-refractivity contribution in [2.75, 3.05) is 18.4 Å². The lowest BCUT2D eigenvalue weighted by Crippen LogP contribution is -2.42. The molecule has 38 heavy (non-hydrogen) atoms. The molecular formula is C27H30F3N5O2S. The van der Waals surface area contributed by atoms with E-state index in [2.05, 4.69) is 20.3 Å². The molecule has 7 nitrogen and oxygen atoms in total. The Balaban J connectivity index is 1.29. The number of aryl methyl sites for hydroxylation is 1. The maximum absolute atomic E-state index is 13.0. The second-order valence-electron chi connectivity index (χ2n) is 10.2. The van der Waals surface area contributed by atoms with Crippen molar-refractivity contribution in [2.24, 2.45) is 5.92 Å². The summed E-state index contributed by atoms with van der Waals surface area (Å²) in [5.41, 5.74) is 0.168. The van der Waals surface area contributed by atoms with Gasteiger partial charge in [0, 0.05) is 37.1 Å². The number of amides is 1. The Bertz CT molecular complexity index is 1300. The van der Waals surface area contributed by atoms with Crippen LogP contribution in [0.4, 0.5) is 24.8 Å². The summed E-state index contributed by atoms with van der Waals surface area (Å²) in [5, 5.41) is 14.9. The number of piperidine rings is 1. The quantitative estimate of drug-likeness (QED) is 0.405. The lowest BCUT2D eigenvalue weighted by Gasteiger charge is -2.37. The molecule has 3 heterocycles. The van der Waals surface area contributed by atoms with Crippen LogP contribution in [-0.2, 0) is 16.6 Å². The van der Waals surface area contributed by atoms with Crippen LogP contribution in [0.3, 0.4) is 0 Å². The van der Waals surface area contributed by atoms with E-state index in [1.54, 1.807) is 18.3 Å². The van der Waals surface area contributed by atoms with Crippen molar-refractivity contribution in [1.82, 2.24) is 19.9 Å². The molecule has 0 bridgehead atoms. The van der Waals surface area contributed by atoms with Crippen molar-refractivity contribution in [3.63, 3.8) is 0 Å². The molecule has 1 aliphatic carbocycles. The average Bonchev–Trinajstić information content (AvgIpc) is 3.40. The maximum atomic E-state index is 13.0. The van der Waals surface area contributed by atoms with Crippen molar-refractivity contribution in [2.45, 2.75) is 63.6 Å². The van der Waals surface area contributed by atoms with Gasteiger partial charge in [-0.3, -0.25) is 4.79 Å². The summed E-state index contributed by atoms with van der Waals surface area (Å²) < 4.78 is 39.1. The molecule has 11 heteroatoms. The van der Waals surface area contributed by atoms with E-state index in [1.807, 2.05) is 17.9 Å². The topological polar surface area (TPSA) is 91.2 Å². The van der Waals surface area contributed by atoms with Gasteiger partial charge in [-0.2, -0.15) is 13.2 Å². The molecule has 2 aromatic heterocycles. The molecule has 0 atom stereocenters. The first-order valence-electron chi connectivity index (χ1n) is 12.9. The van der Waals surface area contributed by atoms with Crippen molar-refractivity contribution < 1.29 is 23.1 Å². The average molecular weight is 546 g/mol. The van der Waals surface area contributed by atoms with E-state index in [-0.39, 0.29) is 17.8 Å². The van der Waals surface area contributed by atoms with Crippen molar-refractivity contribution >= 4 is 28.9 Å². The standard InChI is InChI=1S/C27H30F3N5O2S/c1-17-13-19(15-20(14-17)33-25-31-10-7-22(34-25)27(28,29)30)21-16-32-24(38-21)26(37)8-5-18(6-9-26)23(36)35-11-3-2-4-12-35/h7,10,13-16,18,37H,2-6,8-9,11-12H2,1H3,(H,31,33,34)/t18-,26+. The molecule has 1 saturated carbocycles. The first kappa shape index (κ1) is 26.6. The van der Waals surface area contributed by atoms with E-state index in [4.69, 9.17) is 0 Å². The van der Waals surface area contributed by atoms with Crippen LogP contribution in [0.5, 0.6) is 0 Å². The van der Waals surface area contributed by atoms with E-state index >= 15 is 0 Å². The van der Waals surface area contributed by atoms with Gasteiger partial charge in [-0.05, 0) is 81.2 Å². The van der Waals surface area contributed by atoms with Crippen LogP contribution in [0.15, 0.2) is 36.7 Å². The van der Waals surface area contributed by atoms with Crippen LogP contribution in [0.2, 0.25) is 0 Å². The summed E-state index contributed by atoms with van der Waals surface area (Å²) in [6.45, 7) is 3.56. The second kappa shape index (κ2) is 10.6. The third-order valence-corrected chi connectivity index (χ3v) is 8.54. The van der Waals surface area contributed by atoms with E-state index in [0.717, 1.165) is 54.2 Å². The van der Waals surface area contributed by atoms with Gasteiger partial charge in [-0.1, -0.05) is 6.07 Å². The number of nitrogens with one attached hydrogen (secondary N) is 1. The summed E-state index contributed by atoms with van der Waals surface area (Å²) in [4.78, 5) is 27.7. The SMILES string of the molecule is Cc1cc(Nc2nccc(C(F)(F)F)n2)cc(-c2cnc([C@]3(O)CC[C@@H](C(=O)N4CCCCC4)CC3)s2)c1. The number of thiazole rings is 1. The number of rotatable bonds is 5. The lowest BCUT2D eigenvalue weighted by molar-refractivity contribution is -0.141. The highest BCUT2D eigenvalue weighted by atomic mass is 32.1. The van der Waals surface area contributed by atoms with Gasteiger partial charge < -0.3 is 15.3 Å². The van der Waals surface area contributed by atoms with Gasteiger partial charge in [0.05, 0.1) is 4.88 Å². The Morgan fingerprint density at radius 3 is 2.58 bits per heavy atom. The summed E-state index contributed by atoms with van der Waals surface area (Å²) >= 11 is 1.39. The van der Waals surface area contributed by atoms with Gasteiger partial charge >= 0.3 is 6.18 Å². The minimum Gasteiger partial charge on any atom is -0.383 e. The summed E-state index contributed by atoms with van der Waals surface area (Å²) in [5.74, 6) is 0.0268. The third-order valence-electron chi connectivity index (χ3n) is 7.30. The van der Waals surface area contributed by atoms with Gasteiger partial charge in [0.15, 0.2) is 0 Å². The molecule has 2 aliphatic rings. The number of benzene rings is 1. The molecule has 1 aliphatic heterocycles. The number of alkyl halides is 3. The molecule has 2 N–H and O–H groups in total. The van der Waals surface area contributed by atoms with Gasteiger partial charge in [0.2, 0.25) is 11.9 Å². The molecule has 3 aromatic rings. The largest absolute Gasteiger partial charge is 0.433 e. The van der Waals surface area contributed by atoms with E-state index in [0.29, 0.717) is 36.4 Å². The van der Waals surface area contributed by atoms with Crippen LogP contribution in [0.1, 0.15) is 61.2 Å². The van der Waals surface area contributed by atoms with Gasteiger partial charge in [0.25, 0.3) is 0 Å². The van der Waals surface area contributed by atoms with Crippen LogP contribution in [-0.4, -0.2) is 44.0 Å². The van der Waals surface area contributed by atoms with Gasteiger partial charge in [-0.25, -0.2) is 15.0 Å². The van der Waals surface area contributed by atoms with E-state index in [9.17, 15) is 23.1 Å². The predicted octanol–water partition coefficient (Wildman–Crippen LogP) is 6.06. The highest BCUT2D eigenvalue weighted by Crippen LogP contribution is 2.43. The number of anilines is 2. The number of aliphatic hydroxyl groups is 1. The lowest BCUT2D eigenvalue weighted by atomic mass is 9.78.